The average Bonchev–Trinajstić information content (AvgIpc) is 2.46. The van der Waals surface area contributed by atoms with Gasteiger partial charge in [0.05, 0.1) is 11.3 Å². The first kappa shape index (κ1) is 13.4. The van der Waals surface area contributed by atoms with Crippen molar-refractivity contribution in [1.29, 1.82) is 0 Å². The fourth-order valence-electron chi connectivity index (χ4n) is 1.51. The molecule has 2 rings (SSSR count). The van der Waals surface area contributed by atoms with E-state index < -0.39 is 12.0 Å². The topological polar surface area (TPSA) is 90.5 Å². The van der Waals surface area contributed by atoms with E-state index in [2.05, 4.69) is 16.2 Å². The van der Waals surface area contributed by atoms with Gasteiger partial charge in [0.15, 0.2) is 0 Å². The maximum absolute atomic E-state index is 11.6. The molecule has 0 aliphatic heterocycles. The number of hydrogen-bond donors (Lipinski definition) is 4. The molecule has 0 saturated heterocycles. The maximum atomic E-state index is 11.6. The van der Waals surface area contributed by atoms with Crippen LogP contribution in [-0.2, 0) is 0 Å². The minimum atomic E-state index is -0.994. The van der Waals surface area contributed by atoms with Crippen LogP contribution in [0.15, 0.2) is 54.6 Å². The van der Waals surface area contributed by atoms with Gasteiger partial charge in [0, 0.05) is 5.69 Å². The van der Waals surface area contributed by atoms with E-state index in [0.29, 0.717) is 11.4 Å². The Morgan fingerprint density at radius 2 is 1.50 bits per heavy atom. The minimum Gasteiger partial charge on any atom is -0.478 e. The van der Waals surface area contributed by atoms with E-state index >= 15 is 0 Å². The second-order valence-corrected chi connectivity index (χ2v) is 3.95. The molecule has 102 valence electrons. The van der Waals surface area contributed by atoms with E-state index in [1.807, 2.05) is 18.2 Å². The van der Waals surface area contributed by atoms with Crippen LogP contribution in [0.4, 0.5) is 16.2 Å². The molecule has 0 unspecified atom stereocenters. The summed E-state index contributed by atoms with van der Waals surface area (Å²) < 4.78 is 0. The van der Waals surface area contributed by atoms with Crippen LogP contribution in [0, 0.1) is 0 Å². The van der Waals surface area contributed by atoms with E-state index in [9.17, 15) is 9.59 Å². The lowest BCUT2D eigenvalue weighted by molar-refractivity contribution is 0.0697. The van der Waals surface area contributed by atoms with Crippen LogP contribution in [0.5, 0.6) is 0 Å². The highest BCUT2D eigenvalue weighted by Gasteiger charge is 2.03. The summed E-state index contributed by atoms with van der Waals surface area (Å²) in [6, 6.07) is 14.6. The van der Waals surface area contributed by atoms with Crippen molar-refractivity contribution < 1.29 is 14.7 Å². The zero-order chi connectivity index (χ0) is 14.4. The number of aromatic carboxylic acids is 1. The molecular weight excluding hydrogens is 258 g/mol. The first-order valence-electron chi connectivity index (χ1n) is 5.86. The number of nitrogens with one attached hydrogen (secondary N) is 3. The van der Waals surface area contributed by atoms with Crippen molar-refractivity contribution in [2.45, 2.75) is 0 Å². The number of urea groups is 1. The predicted octanol–water partition coefficient (Wildman–Crippen LogP) is 2.53. The quantitative estimate of drug-likeness (QED) is 0.643. The molecule has 2 aromatic carbocycles. The number of anilines is 2. The van der Waals surface area contributed by atoms with Gasteiger partial charge in [-0.3, -0.25) is 10.9 Å². The number of para-hydroxylation sites is 1. The predicted molar refractivity (Wildman–Crippen MR) is 75.6 cm³/mol. The third-order valence-corrected chi connectivity index (χ3v) is 2.48. The van der Waals surface area contributed by atoms with Gasteiger partial charge < -0.3 is 10.4 Å². The van der Waals surface area contributed by atoms with Crippen molar-refractivity contribution in [1.82, 2.24) is 5.43 Å². The summed E-state index contributed by atoms with van der Waals surface area (Å²) in [6.45, 7) is 0. The smallest absolute Gasteiger partial charge is 0.337 e. The van der Waals surface area contributed by atoms with Crippen LogP contribution in [-0.4, -0.2) is 17.1 Å². The first-order valence-corrected chi connectivity index (χ1v) is 5.86. The lowest BCUT2D eigenvalue weighted by Gasteiger charge is -2.10. The van der Waals surface area contributed by atoms with Crippen LogP contribution in [0.1, 0.15) is 10.4 Å². The number of amides is 2. The molecule has 2 aromatic rings. The van der Waals surface area contributed by atoms with Crippen molar-refractivity contribution in [2.75, 3.05) is 10.7 Å². The molecule has 0 heterocycles. The highest BCUT2D eigenvalue weighted by molar-refractivity contribution is 5.90. The maximum Gasteiger partial charge on any atom is 0.337 e. The number of rotatable bonds is 4. The van der Waals surface area contributed by atoms with Crippen LogP contribution < -0.4 is 16.2 Å². The molecule has 0 spiro atoms. The number of hydrogen-bond acceptors (Lipinski definition) is 3. The Labute approximate surface area is 115 Å². The zero-order valence-corrected chi connectivity index (χ0v) is 10.5. The van der Waals surface area contributed by atoms with Gasteiger partial charge in [-0.15, -0.1) is 0 Å². The summed E-state index contributed by atoms with van der Waals surface area (Å²) in [4.78, 5) is 22.3. The molecule has 0 aromatic heterocycles. The summed E-state index contributed by atoms with van der Waals surface area (Å²) in [6.07, 6.45) is 0. The lowest BCUT2D eigenvalue weighted by Crippen LogP contribution is -2.33. The van der Waals surface area contributed by atoms with Gasteiger partial charge >= 0.3 is 12.0 Å². The Bertz CT molecular complexity index is 597. The monoisotopic (exact) mass is 271 g/mol. The summed E-state index contributed by atoms with van der Waals surface area (Å²) >= 11 is 0. The molecule has 0 aliphatic rings. The molecular formula is C14H13N3O3. The van der Waals surface area contributed by atoms with E-state index in [4.69, 9.17) is 5.11 Å². The molecule has 20 heavy (non-hydrogen) atoms. The highest BCUT2D eigenvalue weighted by Crippen LogP contribution is 2.08. The van der Waals surface area contributed by atoms with Crippen LogP contribution in [0.3, 0.4) is 0 Å². The minimum absolute atomic E-state index is 0.185. The third kappa shape index (κ3) is 3.74. The Morgan fingerprint density at radius 1 is 0.850 bits per heavy atom. The van der Waals surface area contributed by atoms with E-state index in [1.165, 1.54) is 12.1 Å². The fourth-order valence-corrected chi connectivity index (χ4v) is 1.51. The van der Waals surface area contributed by atoms with Gasteiger partial charge in [-0.2, -0.15) is 0 Å². The zero-order valence-electron chi connectivity index (χ0n) is 10.5. The van der Waals surface area contributed by atoms with Crippen molar-refractivity contribution >= 4 is 23.4 Å². The number of carbonyl (C=O) groups is 2. The second kappa shape index (κ2) is 6.24. The largest absolute Gasteiger partial charge is 0.478 e. The Hall–Kier alpha value is -3.02. The average molecular weight is 271 g/mol. The molecule has 0 aliphatic carbocycles. The van der Waals surface area contributed by atoms with Crippen LogP contribution in [0.2, 0.25) is 0 Å². The van der Waals surface area contributed by atoms with Gasteiger partial charge in [0.25, 0.3) is 0 Å². The van der Waals surface area contributed by atoms with Gasteiger partial charge in [-0.1, -0.05) is 18.2 Å². The van der Waals surface area contributed by atoms with Gasteiger partial charge in [-0.25, -0.2) is 9.59 Å². The van der Waals surface area contributed by atoms with Gasteiger partial charge in [0.1, 0.15) is 0 Å². The number of carboxylic acid groups (broad SMARTS) is 1. The Balaban J connectivity index is 1.85. The highest BCUT2D eigenvalue weighted by atomic mass is 16.4. The normalized spacial score (nSPS) is 9.60. The summed E-state index contributed by atoms with van der Waals surface area (Å²) in [5, 5.41) is 11.4. The molecule has 6 nitrogen and oxygen atoms in total. The molecule has 2 amide bonds. The van der Waals surface area contributed by atoms with Crippen molar-refractivity contribution in [2.24, 2.45) is 0 Å². The molecule has 0 bridgehead atoms. The number of hydrazine groups is 1. The summed E-state index contributed by atoms with van der Waals surface area (Å²) in [7, 11) is 0. The molecule has 6 heteroatoms. The number of carboxylic acids is 1. The van der Waals surface area contributed by atoms with Gasteiger partial charge in [0.2, 0.25) is 0 Å². The summed E-state index contributed by atoms with van der Waals surface area (Å²) in [5.74, 6) is -0.994. The second-order valence-electron chi connectivity index (χ2n) is 3.95. The van der Waals surface area contributed by atoms with Crippen molar-refractivity contribution in [3.05, 3.63) is 60.2 Å². The molecule has 0 fully saturated rings. The molecule has 0 radical (unpaired) electrons. The van der Waals surface area contributed by atoms with Crippen LogP contribution in [0.25, 0.3) is 0 Å². The van der Waals surface area contributed by atoms with Crippen molar-refractivity contribution in [3.63, 3.8) is 0 Å². The third-order valence-electron chi connectivity index (χ3n) is 2.48. The standard InChI is InChI=1S/C14H13N3O3/c18-13(19)10-6-8-12(9-7-10)16-17-14(20)15-11-4-2-1-3-5-11/h1-9,16H,(H,18,19)(H2,15,17,20). The molecule has 4 N–H and O–H groups in total. The number of carbonyl (C=O) groups excluding carboxylic acids is 1. The van der Waals surface area contributed by atoms with E-state index in [1.54, 1.807) is 24.3 Å². The Kier molecular flexibility index (Phi) is 4.18. The van der Waals surface area contributed by atoms with E-state index in [0.717, 1.165) is 0 Å². The van der Waals surface area contributed by atoms with Gasteiger partial charge in [-0.05, 0) is 36.4 Å². The van der Waals surface area contributed by atoms with Crippen molar-refractivity contribution in [3.8, 4) is 0 Å². The lowest BCUT2D eigenvalue weighted by atomic mass is 10.2. The Morgan fingerprint density at radius 3 is 2.10 bits per heavy atom. The first-order chi connectivity index (χ1) is 9.65. The SMILES string of the molecule is O=C(NNc1ccc(C(=O)O)cc1)Nc1ccccc1. The molecule has 0 atom stereocenters. The molecule has 0 saturated carbocycles. The summed E-state index contributed by atoms with van der Waals surface area (Å²) in [5.41, 5.74) is 6.56. The van der Waals surface area contributed by atoms with E-state index in [-0.39, 0.29) is 5.56 Å². The fraction of sp³-hybridized carbons (Fsp3) is 0. The number of benzene rings is 2. The van der Waals surface area contributed by atoms with Crippen LogP contribution >= 0.6 is 0 Å².